The molecule has 0 spiro atoms. The minimum atomic E-state index is -4.71. The molecule has 2 aromatic heterocycles. The number of alkyl halides is 3. The van der Waals surface area contributed by atoms with Crippen molar-refractivity contribution in [2.45, 2.75) is 83.0 Å². The summed E-state index contributed by atoms with van der Waals surface area (Å²) in [5.74, 6) is -0.688. The zero-order valence-electron chi connectivity index (χ0n) is 24.3. The molecule has 232 valence electrons. The molecule has 2 heterocycles. The van der Waals surface area contributed by atoms with Crippen LogP contribution in [0.4, 0.5) is 29.2 Å². The standard InChI is InChI=1S/C18H18F4N6OS.C8H14O2.C2H6/c1-17(2,29)9-28-8-10(6-25-28)15-12(18(20,21)22)7-24-16(27-15)26-14-4-3-11(30-23)5-13(14)19;1-10-8(9)7-5-3-2-4-6-7;1-2/h3-8,29H,9,23H2,1-2H3,(H,24,26,27);7H,2-6H2,1H3;1-2H3. The number of hydrogen-bond donors (Lipinski definition) is 3. The number of ether oxygens (including phenoxy) is 1. The fraction of sp³-hybridized carbons (Fsp3) is 0.500. The molecule has 4 N–H and O–H groups in total. The van der Waals surface area contributed by atoms with Crippen molar-refractivity contribution in [3.05, 3.63) is 48.2 Å². The summed E-state index contributed by atoms with van der Waals surface area (Å²) in [7, 11) is 1.47. The van der Waals surface area contributed by atoms with Gasteiger partial charge in [-0.1, -0.05) is 33.1 Å². The minimum Gasteiger partial charge on any atom is -0.469 e. The Hall–Kier alpha value is -3.23. The summed E-state index contributed by atoms with van der Waals surface area (Å²) in [6.07, 6.45) is 4.21. The highest BCUT2D eigenvalue weighted by Gasteiger charge is 2.36. The van der Waals surface area contributed by atoms with Gasteiger partial charge in [0.05, 0.1) is 42.8 Å². The third-order valence-corrected chi connectivity index (χ3v) is 6.54. The van der Waals surface area contributed by atoms with E-state index < -0.39 is 28.9 Å². The van der Waals surface area contributed by atoms with Crippen LogP contribution in [0.1, 0.15) is 65.4 Å². The predicted octanol–water partition coefficient (Wildman–Crippen LogP) is 6.74. The SMILES string of the molecule is CC.CC(C)(O)Cn1cc(-c2nc(Nc3ccc(SN)cc3F)ncc2C(F)(F)F)cn1.COC(=O)C1CCCCC1. The highest BCUT2D eigenvalue weighted by atomic mass is 32.2. The van der Waals surface area contributed by atoms with Crippen molar-refractivity contribution in [3.63, 3.8) is 0 Å². The van der Waals surface area contributed by atoms with Crippen LogP contribution in [0.3, 0.4) is 0 Å². The molecule has 4 rings (SSSR count). The van der Waals surface area contributed by atoms with Crippen molar-refractivity contribution >= 4 is 29.6 Å². The van der Waals surface area contributed by atoms with E-state index in [1.807, 2.05) is 13.8 Å². The molecule has 0 aliphatic heterocycles. The van der Waals surface area contributed by atoms with E-state index in [0.29, 0.717) is 11.1 Å². The van der Waals surface area contributed by atoms with Gasteiger partial charge in [0.1, 0.15) is 11.4 Å². The number of methoxy groups -OCH3 is 1. The number of nitrogens with two attached hydrogens (primary N) is 1. The number of nitrogens with zero attached hydrogens (tertiary/aromatic N) is 4. The maximum absolute atomic E-state index is 14.2. The fourth-order valence-corrected chi connectivity index (χ4v) is 4.45. The first-order valence-corrected chi connectivity index (χ1v) is 14.4. The molecule has 42 heavy (non-hydrogen) atoms. The second-order valence-electron chi connectivity index (χ2n) is 9.94. The first-order chi connectivity index (χ1) is 19.8. The molecule has 14 heteroatoms. The van der Waals surface area contributed by atoms with E-state index in [4.69, 9.17) is 5.14 Å². The average Bonchev–Trinajstić information content (AvgIpc) is 3.41. The largest absolute Gasteiger partial charge is 0.469 e. The molecule has 9 nitrogen and oxygen atoms in total. The van der Waals surface area contributed by atoms with Gasteiger partial charge in [0.25, 0.3) is 0 Å². The highest BCUT2D eigenvalue weighted by Crippen LogP contribution is 2.36. The second kappa shape index (κ2) is 15.8. The third-order valence-electron chi connectivity index (χ3n) is 6.01. The normalized spacial score (nSPS) is 13.8. The molecular weight excluding hydrogens is 576 g/mol. The molecule has 0 atom stereocenters. The lowest BCUT2D eigenvalue weighted by Gasteiger charge is -2.18. The Bertz CT molecular complexity index is 1290. The van der Waals surface area contributed by atoms with Crippen molar-refractivity contribution in [2.24, 2.45) is 11.1 Å². The Morgan fingerprint density at radius 3 is 2.40 bits per heavy atom. The summed E-state index contributed by atoms with van der Waals surface area (Å²) in [5.41, 5.74) is -2.54. The van der Waals surface area contributed by atoms with Crippen molar-refractivity contribution < 1.29 is 32.2 Å². The summed E-state index contributed by atoms with van der Waals surface area (Å²) in [5, 5.41) is 21.8. The van der Waals surface area contributed by atoms with Gasteiger partial charge in [-0.2, -0.15) is 18.3 Å². The Morgan fingerprint density at radius 1 is 1.19 bits per heavy atom. The topological polar surface area (TPSA) is 128 Å². The summed E-state index contributed by atoms with van der Waals surface area (Å²) < 4.78 is 60.6. The lowest BCUT2D eigenvalue weighted by atomic mass is 9.89. The fourth-order valence-electron chi connectivity index (χ4n) is 4.13. The van der Waals surface area contributed by atoms with Gasteiger partial charge in [-0.05, 0) is 56.8 Å². The summed E-state index contributed by atoms with van der Waals surface area (Å²) in [4.78, 5) is 19.0. The zero-order chi connectivity index (χ0) is 31.5. The van der Waals surface area contributed by atoms with E-state index in [0.717, 1.165) is 24.8 Å². The van der Waals surface area contributed by atoms with Gasteiger partial charge in [0, 0.05) is 22.9 Å². The highest BCUT2D eigenvalue weighted by molar-refractivity contribution is 7.97. The number of aliphatic hydroxyl groups is 1. The molecule has 1 aromatic carbocycles. The number of benzene rings is 1. The van der Waals surface area contributed by atoms with Crippen LogP contribution in [0.15, 0.2) is 41.7 Å². The molecule has 0 unspecified atom stereocenters. The van der Waals surface area contributed by atoms with Crippen LogP contribution in [0.2, 0.25) is 0 Å². The Morgan fingerprint density at radius 2 is 1.86 bits per heavy atom. The van der Waals surface area contributed by atoms with Crippen molar-refractivity contribution in [1.82, 2.24) is 19.7 Å². The smallest absolute Gasteiger partial charge is 0.419 e. The first-order valence-electron chi connectivity index (χ1n) is 13.5. The molecular formula is C28H38F4N6O3S. The zero-order valence-corrected chi connectivity index (χ0v) is 25.2. The van der Waals surface area contributed by atoms with Gasteiger partial charge in [0.15, 0.2) is 0 Å². The first kappa shape index (κ1) is 35.0. The Labute approximate surface area is 247 Å². The lowest BCUT2D eigenvalue weighted by molar-refractivity contribution is -0.146. The van der Waals surface area contributed by atoms with Crippen LogP contribution in [-0.2, 0) is 22.3 Å². The molecule has 0 amide bonds. The van der Waals surface area contributed by atoms with Gasteiger partial charge in [-0.25, -0.2) is 14.4 Å². The lowest BCUT2D eigenvalue weighted by Crippen LogP contribution is -2.26. The van der Waals surface area contributed by atoms with Crippen LogP contribution in [0.25, 0.3) is 11.3 Å². The third kappa shape index (κ3) is 10.6. The molecule has 1 aliphatic rings. The molecule has 3 aromatic rings. The van der Waals surface area contributed by atoms with Gasteiger partial charge >= 0.3 is 12.1 Å². The van der Waals surface area contributed by atoms with Crippen molar-refractivity contribution in [2.75, 3.05) is 12.4 Å². The summed E-state index contributed by atoms with van der Waals surface area (Å²) in [6, 6.07) is 4.10. The van der Waals surface area contributed by atoms with Crippen LogP contribution in [-0.4, -0.2) is 43.5 Å². The van der Waals surface area contributed by atoms with Crippen LogP contribution in [0.5, 0.6) is 0 Å². The van der Waals surface area contributed by atoms with Crippen molar-refractivity contribution in [3.8, 4) is 11.3 Å². The number of halogens is 4. The number of anilines is 2. The molecule has 0 saturated heterocycles. The van der Waals surface area contributed by atoms with Crippen LogP contribution < -0.4 is 10.5 Å². The molecule has 1 fully saturated rings. The van der Waals surface area contributed by atoms with E-state index in [9.17, 15) is 27.5 Å². The minimum absolute atomic E-state index is 0.0142. The predicted molar refractivity (Wildman–Crippen MR) is 154 cm³/mol. The molecule has 1 saturated carbocycles. The maximum atomic E-state index is 14.2. The number of nitrogens with one attached hydrogen (secondary N) is 1. The van der Waals surface area contributed by atoms with E-state index in [1.165, 1.54) is 55.6 Å². The number of esters is 1. The number of hydrogen-bond acceptors (Lipinski definition) is 9. The summed E-state index contributed by atoms with van der Waals surface area (Å²) in [6.45, 7) is 7.16. The van der Waals surface area contributed by atoms with E-state index in [2.05, 4.69) is 25.1 Å². The van der Waals surface area contributed by atoms with Gasteiger partial charge in [-0.3, -0.25) is 14.6 Å². The van der Waals surface area contributed by atoms with Gasteiger partial charge < -0.3 is 15.2 Å². The number of rotatable bonds is 7. The van der Waals surface area contributed by atoms with E-state index >= 15 is 0 Å². The van der Waals surface area contributed by atoms with Gasteiger partial charge in [0.2, 0.25) is 5.95 Å². The number of aromatic nitrogens is 4. The van der Waals surface area contributed by atoms with Crippen LogP contribution >= 0.6 is 11.9 Å². The second-order valence-corrected chi connectivity index (χ2v) is 10.6. The maximum Gasteiger partial charge on any atom is 0.419 e. The monoisotopic (exact) mass is 614 g/mol. The van der Waals surface area contributed by atoms with E-state index in [-0.39, 0.29) is 35.6 Å². The Balaban J connectivity index is 0.000000431. The number of carbonyl (C=O) groups excluding carboxylic acids is 1. The van der Waals surface area contributed by atoms with Crippen molar-refractivity contribution in [1.29, 1.82) is 0 Å². The average molecular weight is 615 g/mol. The number of carbonyl (C=O) groups is 1. The molecule has 0 bridgehead atoms. The molecule has 0 radical (unpaired) electrons. The Kier molecular flexibility index (Phi) is 13.2. The quantitative estimate of drug-likeness (QED) is 0.150. The van der Waals surface area contributed by atoms with E-state index in [1.54, 1.807) is 19.9 Å². The van der Waals surface area contributed by atoms with Crippen LogP contribution in [0, 0.1) is 11.7 Å². The summed E-state index contributed by atoms with van der Waals surface area (Å²) >= 11 is 0.857. The molecule has 1 aliphatic carbocycles. The van der Waals surface area contributed by atoms with Gasteiger partial charge in [-0.15, -0.1) is 0 Å².